The second kappa shape index (κ2) is 11.0. The number of nitrogens with zero attached hydrogens (tertiary/aromatic N) is 5. The summed E-state index contributed by atoms with van der Waals surface area (Å²) in [5.74, 6) is 2.53. The molecule has 0 bridgehead atoms. The summed E-state index contributed by atoms with van der Waals surface area (Å²) in [4.78, 5) is 13.3. The predicted molar refractivity (Wildman–Crippen MR) is 149 cm³/mol. The third-order valence-electron chi connectivity index (χ3n) is 6.75. The van der Waals surface area contributed by atoms with Crippen molar-refractivity contribution in [3.63, 3.8) is 0 Å². The van der Waals surface area contributed by atoms with E-state index in [2.05, 4.69) is 63.8 Å². The lowest BCUT2D eigenvalue weighted by atomic mass is 9.78. The average Bonchev–Trinajstić information content (AvgIpc) is 3.42. The maximum Gasteiger partial charge on any atom is 0.407 e. The van der Waals surface area contributed by atoms with E-state index in [1.807, 2.05) is 45.0 Å². The first-order chi connectivity index (χ1) is 19.0. The summed E-state index contributed by atoms with van der Waals surface area (Å²) in [6.45, 7) is 9.94. The fourth-order valence-corrected chi connectivity index (χ4v) is 4.46. The first-order valence-electron chi connectivity index (χ1n) is 13.3. The van der Waals surface area contributed by atoms with Gasteiger partial charge in [-0.15, -0.1) is 9.90 Å². The van der Waals surface area contributed by atoms with E-state index >= 15 is 0 Å². The molecule has 5 rings (SSSR count). The molecule has 2 heterocycles. The fraction of sp³-hybridized carbons (Fsp3) is 0.367. The number of amides is 1. The van der Waals surface area contributed by atoms with Crippen LogP contribution in [-0.4, -0.2) is 49.0 Å². The fourth-order valence-electron chi connectivity index (χ4n) is 4.46. The summed E-state index contributed by atoms with van der Waals surface area (Å²) in [5, 5.41) is 19.1. The van der Waals surface area contributed by atoms with Crippen LogP contribution in [0.4, 0.5) is 4.79 Å². The van der Waals surface area contributed by atoms with Gasteiger partial charge in [0.15, 0.2) is 11.6 Å². The van der Waals surface area contributed by atoms with Crippen LogP contribution >= 0.6 is 0 Å². The summed E-state index contributed by atoms with van der Waals surface area (Å²) in [6.07, 6.45) is 5.93. The van der Waals surface area contributed by atoms with E-state index < -0.39 is 5.60 Å². The maximum atomic E-state index is 11.9. The average molecular weight is 543 g/mol. The molecule has 1 aliphatic carbocycles. The van der Waals surface area contributed by atoms with E-state index in [1.165, 1.54) is 10.4 Å². The zero-order valence-electron chi connectivity index (χ0n) is 23.4. The van der Waals surface area contributed by atoms with Gasteiger partial charge in [-0.25, -0.2) is 4.79 Å². The minimum atomic E-state index is -0.503. The van der Waals surface area contributed by atoms with Gasteiger partial charge in [0.1, 0.15) is 23.2 Å². The third-order valence-corrected chi connectivity index (χ3v) is 6.75. The van der Waals surface area contributed by atoms with Gasteiger partial charge in [-0.05, 0) is 56.2 Å². The first kappa shape index (κ1) is 27.1. The number of nitrogens with one attached hydrogen (secondary N) is 1. The third kappa shape index (κ3) is 6.56. The van der Waals surface area contributed by atoms with Gasteiger partial charge in [-0.3, -0.25) is 0 Å². The Labute approximate surface area is 233 Å². The van der Waals surface area contributed by atoms with Gasteiger partial charge in [0.2, 0.25) is 0 Å². The van der Waals surface area contributed by atoms with Crippen LogP contribution in [0.2, 0.25) is 0 Å². The number of rotatable bonds is 8. The lowest BCUT2D eigenvalue weighted by molar-refractivity contribution is 0.0363. The van der Waals surface area contributed by atoms with Crippen molar-refractivity contribution < 1.29 is 19.0 Å². The number of benzene rings is 2. The van der Waals surface area contributed by atoms with Crippen molar-refractivity contribution in [2.24, 2.45) is 0 Å². The molecule has 1 saturated carbocycles. The van der Waals surface area contributed by atoms with E-state index in [-0.39, 0.29) is 23.7 Å². The molecule has 0 unspecified atom stereocenters. The molecule has 1 aliphatic rings. The summed E-state index contributed by atoms with van der Waals surface area (Å²) in [5.41, 5.74) is 1.59. The van der Waals surface area contributed by atoms with E-state index in [4.69, 9.17) is 14.2 Å². The van der Waals surface area contributed by atoms with Crippen LogP contribution in [0.1, 0.15) is 58.6 Å². The summed E-state index contributed by atoms with van der Waals surface area (Å²) in [6, 6.07) is 18.0. The summed E-state index contributed by atoms with van der Waals surface area (Å²) in [7, 11) is 0. The molecule has 0 atom stereocenters. The molecule has 0 saturated heterocycles. The van der Waals surface area contributed by atoms with E-state index in [0.29, 0.717) is 17.3 Å². The topological polar surface area (TPSA) is 113 Å². The first-order valence-corrected chi connectivity index (χ1v) is 13.3. The van der Waals surface area contributed by atoms with Crippen LogP contribution in [0.15, 0.2) is 73.2 Å². The predicted octanol–water partition coefficient (Wildman–Crippen LogP) is 5.61. The van der Waals surface area contributed by atoms with Crippen molar-refractivity contribution in [3.05, 3.63) is 84.3 Å². The Kier molecular flexibility index (Phi) is 7.42. The molecule has 4 aromatic rings. The summed E-state index contributed by atoms with van der Waals surface area (Å²) < 4.78 is 17.4. The highest BCUT2D eigenvalue weighted by atomic mass is 16.6. The molecule has 1 fully saturated rings. The number of alkyl carbamates (subject to hydrolysis) is 1. The van der Waals surface area contributed by atoms with E-state index in [9.17, 15) is 4.79 Å². The number of ether oxygens (including phenoxy) is 3. The number of hydrogen-bond donors (Lipinski definition) is 1. The van der Waals surface area contributed by atoms with Gasteiger partial charge in [-0.2, -0.15) is 15.3 Å². The largest absolute Gasteiger partial charge is 0.490 e. The molecular formula is C30H34N6O4. The van der Waals surface area contributed by atoms with Crippen LogP contribution in [0.5, 0.6) is 17.2 Å². The van der Waals surface area contributed by atoms with Crippen molar-refractivity contribution >= 4 is 6.09 Å². The van der Waals surface area contributed by atoms with Gasteiger partial charge in [0, 0.05) is 30.4 Å². The Bertz CT molecular complexity index is 1420. The molecule has 10 heteroatoms. The van der Waals surface area contributed by atoms with Crippen LogP contribution in [0, 0.1) is 0 Å². The number of hydrogen-bond acceptors (Lipinski definition) is 8. The van der Waals surface area contributed by atoms with Crippen molar-refractivity contribution in [2.75, 3.05) is 0 Å². The second-order valence-electron chi connectivity index (χ2n) is 11.4. The zero-order chi connectivity index (χ0) is 28.3. The van der Waals surface area contributed by atoms with Gasteiger partial charge in [0.05, 0.1) is 18.6 Å². The van der Waals surface area contributed by atoms with Crippen molar-refractivity contribution in [1.29, 1.82) is 0 Å². The molecule has 208 valence electrons. The van der Waals surface area contributed by atoms with Crippen LogP contribution in [0.25, 0.3) is 5.82 Å². The maximum absolute atomic E-state index is 11.9. The lowest BCUT2D eigenvalue weighted by Gasteiger charge is -2.36. The molecular weight excluding hydrogens is 508 g/mol. The zero-order valence-corrected chi connectivity index (χ0v) is 23.4. The number of carbonyl (C=O) groups excluding carboxylic acids is 1. The SMILES string of the molecule is CC(C)(C)OC(=O)N[C@H]1C[C@H](Oc2ccc(C(C)(C)c3ccc(Oc4cnnc(-n5nccn5)c4)cc3)cc2)C1. The van der Waals surface area contributed by atoms with E-state index in [0.717, 1.165) is 24.2 Å². The second-order valence-corrected chi connectivity index (χ2v) is 11.4. The quantitative estimate of drug-likeness (QED) is 0.306. The molecule has 0 aliphatic heterocycles. The smallest absolute Gasteiger partial charge is 0.407 e. The normalized spacial score (nSPS) is 17.0. The van der Waals surface area contributed by atoms with Gasteiger partial charge in [0.25, 0.3) is 0 Å². The Morgan fingerprint density at radius 2 is 1.48 bits per heavy atom. The molecule has 0 spiro atoms. The van der Waals surface area contributed by atoms with Crippen LogP contribution in [0.3, 0.4) is 0 Å². The van der Waals surface area contributed by atoms with Crippen molar-refractivity contribution in [2.45, 2.75) is 70.6 Å². The lowest BCUT2D eigenvalue weighted by Crippen LogP contribution is -2.50. The molecule has 10 nitrogen and oxygen atoms in total. The molecule has 2 aromatic heterocycles. The summed E-state index contributed by atoms with van der Waals surface area (Å²) >= 11 is 0. The highest BCUT2D eigenvalue weighted by Crippen LogP contribution is 2.35. The van der Waals surface area contributed by atoms with Crippen molar-refractivity contribution in [3.8, 4) is 23.1 Å². The van der Waals surface area contributed by atoms with Gasteiger partial charge < -0.3 is 19.5 Å². The molecule has 40 heavy (non-hydrogen) atoms. The van der Waals surface area contributed by atoms with Crippen LogP contribution < -0.4 is 14.8 Å². The minimum Gasteiger partial charge on any atom is -0.490 e. The van der Waals surface area contributed by atoms with Crippen molar-refractivity contribution in [1.82, 2.24) is 30.5 Å². The standard InChI is InChI=1S/C30H34N6O4/c1-29(2,3)40-28(37)34-22-16-25(17-22)38-23-10-6-20(7-11-23)30(4,5)21-8-12-24(13-9-21)39-26-18-27(35-31-19-26)36-32-14-15-33-36/h6-15,18-19,22,25H,16-17H2,1-5H3,(H,34,37)/t22-,25-. The molecule has 1 N–H and O–H groups in total. The Morgan fingerprint density at radius 1 is 0.875 bits per heavy atom. The monoisotopic (exact) mass is 542 g/mol. The Hall–Kier alpha value is -4.47. The Morgan fingerprint density at radius 3 is 2.08 bits per heavy atom. The van der Waals surface area contributed by atoms with Gasteiger partial charge >= 0.3 is 6.09 Å². The number of aromatic nitrogens is 5. The van der Waals surface area contributed by atoms with Crippen LogP contribution in [-0.2, 0) is 10.2 Å². The van der Waals surface area contributed by atoms with Gasteiger partial charge in [-0.1, -0.05) is 38.1 Å². The number of carbonyl (C=O) groups is 1. The highest BCUT2D eigenvalue weighted by molar-refractivity contribution is 5.68. The minimum absolute atomic E-state index is 0.0776. The molecule has 0 radical (unpaired) electrons. The van der Waals surface area contributed by atoms with E-state index in [1.54, 1.807) is 24.7 Å². The highest BCUT2D eigenvalue weighted by Gasteiger charge is 2.33. The molecule has 1 amide bonds. The Balaban J connectivity index is 1.15. The molecule has 2 aromatic carbocycles.